The molecule has 0 radical (unpaired) electrons. The van der Waals surface area contributed by atoms with Crippen LogP contribution in [0.2, 0.25) is 0 Å². The van der Waals surface area contributed by atoms with E-state index < -0.39 is 21.8 Å². The Morgan fingerprint density at radius 1 is 1.37 bits per heavy atom. The molecular formula is C27H30FN6O5S2+. The van der Waals surface area contributed by atoms with E-state index >= 15 is 0 Å². The van der Waals surface area contributed by atoms with Gasteiger partial charge in [-0.05, 0) is 61.6 Å². The molecule has 216 valence electrons. The number of nitrogens with zero attached hydrogens (tertiary/aromatic N) is 4. The number of carbonyl (C=O) groups is 1. The highest BCUT2D eigenvalue weighted by Gasteiger charge is 2.40. The van der Waals surface area contributed by atoms with E-state index in [0.717, 1.165) is 48.8 Å². The van der Waals surface area contributed by atoms with Gasteiger partial charge in [0.05, 0.1) is 28.7 Å². The standard InChI is InChI=1S/C27H30FN6O5S2/c1-3-33(2)41(36,37)32-24-7-5-22(28)25(21(24)14-29)39-18-4-6-23-20(12-18)26(35)34(16-31-23)15-19-13-27(38-17-40-19)8-10-30-11-9-27/h4-7,12,15-16,19,30,32H,3,8-11,13,17H2,1-2H3/q+1. The molecule has 41 heavy (non-hydrogen) atoms. The second-order valence-corrected chi connectivity index (χ2v) is 12.9. The first-order valence-corrected chi connectivity index (χ1v) is 15.6. The van der Waals surface area contributed by atoms with Gasteiger partial charge < -0.3 is 14.8 Å². The molecule has 0 aliphatic carbocycles. The molecule has 0 bridgehead atoms. The van der Waals surface area contributed by atoms with Crippen LogP contribution in [-0.4, -0.2) is 79.2 Å². The SMILES string of the molecule is CCN(C)S(=O)(=O)Nc1ccc(F)c(Oc2ccc3c(c2)C(=O)[N+](=CC2CC4(CCNCC4)OCS2)C=N3)c1C#N. The maximum atomic E-state index is 14.9. The zero-order chi connectivity index (χ0) is 29.2. The third-order valence-corrected chi connectivity index (χ3v) is 9.88. The third-order valence-electron chi connectivity index (χ3n) is 7.35. The van der Waals surface area contributed by atoms with Crippen molar-refractivity contribution < 1.29 is 31.7 Å². The van der Waals surface area contributed by atoms with Crippen LogP contribution >= 0.6 is 11.8 Å². The predicted octanol–water partition coefficient (Wildman–Crippen LogP) is 3.60. The lowest BCUT2D eigenvalue weighted by molar-refractivity contribution is -0.288. The molecule has 2 aromatic carbocycles. The highest BCUT2D eigenvalue weighted by Crippen LogP contribution is 2.38. The Morgan fingerprint density at radius 3 is 2.88 bits per heavy atom. The van der Waals surface area contributed by atoms with Crippen molar-refractivity contribution in [2.24, 2.45) is 4.99 Å². The summed E-state index contributed by atoms with van der Waals surface area (Å²) in [4.78, 5) is 17.9. The molecule has 1 atom stereocenters. The number of amides is 1. The van der Waals surface area contributed by atoms with Gasteiger partial charge in [-0.15, -0.1) is 11.8 Å². The molecule has 0 saturated carbocycles. The number of nitriles is 1. The second-order valence-electron chi connectivity index (χ2n) is 9.92. The van der Waals surface area contributed by atoms with Crippen LogP contribution in [0.1, 0.15) is 42.1 Å². The number of piperidine rings is 1. The molecule has 3 aliphatic heterocycles. The summed E-state index contributed by atoms with van der Waals surface area (Å²) >= 11 is 1.62. The van der Waals surface area contributed by atoms with Crippen molar-refractivity contribution in [3.63, 3.8) is 0 Å². The minimum Gasteiger partial charge on any atom is -0.453 e. The Labute approximate surface area is 242 Å². The van der Waals surface area contributed by atoms with Gasteiger partial charge in [-0.1, -0.05) is 6.92 Å². The third kappa shape index (κ3) is 6.14. The van der Waals surface area contributed by atoms with Crippen molar-refractivity contribution in [3.8, 4) is 17.6 Å². The van der Waals surface area contributed by atoms with Crippen LogP contribution in [0.25, 0.3) is 0 Å². The van der Waals surface area contributed by atoms with Crippen molar-refractivity contribution in [2.75, 3.05) is 37.3 Å². The Hall–Kier alpha value is -3.35. The molecule has 3 heterocycles. The molecule has 2 N–H and O–H groups in total. The van der Waals surface area contributed by atoms with Gasteiger partial charge in [-0.2, -0.15) is 22.6 Å². The first kappa shape index (κ1) is 29.2. The smallest absolute Gasteiger partial charge is 0.349 e. The maximum absolute atomic E-state index is 14.9. The van der Waals surface area contributed by atoms with Gasteiger partial charge in [0.2, 0.25) is 0 Å². The average Bonchev–Trinajstić information content (AvgIpc) is 2.96. The predicted molar refractivity (Wildman–Crippen MR) is 154 cm³/mol. The van der Waals surface area contributed by atoms with E-state index in [4.69, 9.17) is 9.47 Å². The fourth-order valence-corrected chi connectivity index (χ4v) is 6.95. The molecule has 2 aromatic rings. The lowest BCUT2D eigenvalue weighted by Gasteiger charge is -2.42. The van der Waals surface area contributed by atoms with Crippen molar-refractivity contribution in [2.45, 2.75) is 37.0 Å². The molecule has 11 nitrogen and oxygen atoms in total. The summed E-state index contributed by atoms with van der Waals surface area (Å²) in [5, 5.41) is 13.2. The molecule has 1 unspecified atom stereocenters. The van der Waals surface area contributed by atoms with E-state index in [0.29, 0.717) is 11.6 Å². The van der Waals surface area contributed by atoms with E-state index in [1.807, 2.05) is 12.3 Å². The lowest BCUT2D eigenvalue weighted by atomic mass is 9.87. The summed E-state index contributed by atoms with van der Waals surface area (Å²) in [5.74, 6) is -1.02. The van der Waals surface area contributed by atoms with E-state index in [1.54, 1.807) is 24.8 Å². The fourth-order valence-electron chi connectivity index (χ4n) is 4.88. The molecule has 1 amide bonds. The molecule has 2 fully saturated rings. The van der Waals surface area contributed by atoms with E-state index in [2.05, 4.69) is 15.0 Å². The van der Waals surface area contributed by atoms with Crippen molar-refractivity contribution in [1.29, 1.82) is 5.26 Å². The van der Waals surface area contributed by atoms with Gasteiger partial charge in [-0.3, -0.25) is 4.72 Å². The monoisotopic (exact) mass is 601 g/mol. The number of halogens is 1. The van der Waals surface area contributed by atoms with E-state index in [9.17, 15) is 22.9 Å². The van der Waals surface area contributed by atoms with Crippen molar-refractivity contribution in [1.82, 2.24) is 9.62 Å². The van der Waals surface area contributed by atoms with Crippen LogP contribution in [0, 0.1) is 17.1 Å². The van der Waals surface area contributed by atoms with Gasteiger partial charge in [-0.25, -0.2) is 9.18 Å². The molecule has 1 spiro atoms. The highest BCUT2D eigenvalue weighted by atomic mass is 32.2. The normalized spacial score (nSPS) is 21.1. The average molecular weight is 602 g/mol. The van der Waals surface area contributed by atoms with E-state index in [-0.39, 0.29) is 45.9 Å². The number of hydrogen-bond acceptors (Lipinski definition) is 9. The molecule has 2 saturated heterocycles. The Kier molecular flexibility index (Phi) is 8.44. The fraction of sp³-hybridized carbons (Fsp3) is 0.407. The molecular weight excluding hydrogens is 571 g/mol. The van der Waals surface area contributed by atoms with Crippen molar-refractivity contribution in [3.05, 3.63) is 47.3 Å². The van der Waals surface area contributed by atoms with Crippen LogP contribution < -0.4 is 14.8 Å². The minimum atomic E-state index is -3.97. The second kappa shape index (κ2) is 11.9. The summed E-state index contributed by atoms with van der Waals surface area (Å²) in [6.45, 7) is 3.64. The minimum absolute atomic E-state index is 0.0591. The van der Waals surface area contributed by atoms with E-state index in [1.165, 1.54) is 30.1 Å². The highest BCUT2D eigenvalue weighted by molar-refractivity contribution is 8.00. The largest absolute Gasteiger partial charge is 0.453 e. The van der Waals surface area contributed by atoms with Gasteiger partial charge in [0.25, 0.3) is 6.34 Å². The first-order valence-electron chi connectivity index (χ1n) is 13.1. The van der Waals surface area contributed by atoms with Gasteiger partial charge >= 0.3 is 16.1 Å². The number of ether oxygens (including phenoxy) is 2. The summed E-state index contributed by atoms with van der Waals surface area (Å²) < 4.78 is 56.5. The Bertz CT molecular complexity index is 1560. The van der Waals surface area contributed by atoms with Gasteiger partial charge in [0, 0.05) is 19.7 Å². The molecule has 5 rings (SSSR count). The number of aliphatic imine (C=N–C) groups is 1. The van der Waals surface area contributed by atoms with Crippen LogP contribution in [0.15, 0.2) is 35.3 Å². The maximum Gasteiger partial charge on any atom is 0.349 e. The number of rotatable bonds is 7. The van der Waals surface area contributed by atoms with Gasteiger partial charge in [0.1, 0.15) is 22.9 Å². The quantitative estimate of drug-likeness (QED) is 0.460. The summed E-state index contributed by atoms with van der Waals surface area (Å²) in [6, 6.07) is 8.48. The zero-order valence-electron chi connectivity index (χ0n) is 22.6. The topological polar surface area (TPSA) is 136 Å². The summed E-state index contributed by atoms with van der Waals surface area (Å²) in [5.41, 5.74) is 0.00777. The van der Waals surface area contributed by atoms with Crippen LogP contribution in [-0.2, 0) is 14.9 Å². The summed E-state index contributed by atoms with van der Waals surface area (Å²) in [6.07, 6.45) is 5.96. The van der Waals surface area contributed by atoms with Crippen LogP contribution in [0.4, 0.5) is 15.8 Å². The Morgan fingerprint density at radius 2 is 2.15 bits per heavy atom. The Balaban J connectivity index is 1.39. The molecule has 14 heteroatoms. The number of carbonyl (C=O) groups excluding carboxylic acids is 1. The van der Waals surface area contributed by atoms with Crippen molar-refractivity contribution >= 4 is 51.8 Å². The number of fused-ring (bicyclic) bond motifs is 1. The first-order chi connectivity index (χ1) is 19.6. The number of benzene rings is 2. The molecule has 0 aromatic heterocycles. The number of thioether (sulfide) groups is 1. The number of hydrogen-bond donors (Lipinski definition) is 2. The zero-order valence-corrected chi connectivity index (χ0v) is 24.2. The summed E-state index contributed by atoms with van der Waals surface area (Å²) in [7, 11) is -2.60. The lowest BCUT2D eigenvalue weighted by Crippen LogP contribution is -2.48. The van der Waals surface area contributed by atoms with Crippen LogP contribution in [0.5, 0.6) is 11.5 Å². The van der Waals surface area contributed by atoms with Gasteiger partial charge in [0.15, 0.2) is 17.3 Å². The number of nitrogens with one attached hydrogen (secondary N) is 2. The van der Waals surface area contributed by atoms with Crippen LogP contribution in [0.3, 0.4) is 0 Å². The number of anilines is 1. The molecule has 3 aliphatic rings.